The van der Waals surface area contributed by atoms with Crippen LogP contribution < -0.4 is 4.90 Å². The van der Waals surface area contributed by atoms with Gasteiger partial charge in [-0.3, -0.25) is 4.79 Å². The van der Waals surface area contributed by atoms with Gasteiger partial charge < -0.3 is 4.90 Å². The zero-order chi connectivity index (χ0) is 13.6. The fourth-order valence-electron chi connectivity index (χ4n) is 3.47. The molecule has 1 heterocycles. The molecule has 19 heavy (non-hydrogen) atoms. The van der Waals surface area contributed by atoms with Crippen molar-refractivity contribution >= 4 is 11.5 Å². The summed E-state index contributed by atoms with van der Waals surface area (Å²) in [4.78, 5) is 14.3. The summed E-state index contributed by atoms with van der Waals surface area (Å²) >= 11 is 0. The summed E-state index contributed by atoms with van der Waals surface area (Å²) in [6, 6.07) is 9.00. The van der Waals surface area contributed by atoms with Gasteiger partial charge in [-0.15, -0.1) is 0 Å². The highest BCUT2D eigenvalue weighted by Crippen LogP contribution is 2.41. The Morgan fingerprint density at radius 2 is 1.95 bits per heavy atom. The van der Waals surface area contributed by atoms with Crippen LogP contribution in [-0.4, -0.2) is 11.8 Å². The first-order valence-corrected chi connectivity index (χ1v) is 7.07. The summed E-state index contributed by atoms with van der Waals surface area (Å²) in [5.41, 5.74) is 3.95. The third-order valence-electron chi connectivity index (χ3n) is 4.16. The largest absolute Gasteiger partial charge is 0.342 e. The lowest BCUT2D eigenvalue weighted by Crippen LogP contribution is -2.34. The standard InChI is InChI=1S/C17H21NO/c1-12-8-13-6-4-5-7-16(13)18(12)14-9-15(19)11-17(2,3)10-14/h4-7,9,12H,8,10-11H2,1-3H3. The van der Waals surface area contributed by atoms with Gasteiger partial charge in [0.2, 0.25) is 0 Å². The van der Waals surface area contributed by atoms with E-state index in [0.717, 1.165) is 12.8 Å². The first-order valence-electron chi connectivity index (χ1n) is 7.07. The van der Waals surface area contributed by atoms with Crippen LogP contribution in [-0.2, 0) is 11.2 Å². The molecule has 2 nitrogen and oxygen atoms in total. The summed E-state index contributed by atoms with van der Waals surface area (Å²) < 4.78 is 0. The third kappa shape index (κ3) is 2.20. The minimum absolute atomic E-state index is 0.0818. The van der Waals surface area contributed by atoms with Gasteiger partial charge in [0, 0.05) is 29.9 Å². The average Bonchev–Trinajstić information content (AvgIpc) is 2.61. The lowest BCUT2D eigenvalue weighted by atomic mass is 9.78. The number of hydrogen-bond donors (Lipinski definition) is 0. The van der Waals surface area contributed by atoms with Gasteiger partial charge in [-0.1, -0.05) is 32.0 Å². The molecule has 1 aromatic carbocycles. The monoisotopic (exact) mass is 255 g/mol. The van der Waals surface area contributed by atoms with Crippen molar-refractivity contribution in [1.29, 1.82) is 0 Å². The van der Waals surface area contributed by atoms with E-state index >= 15 is 0 Å². The number of benzene rings is 1. The zero-order valence-electron chi connectivity index (χ0n) is 11.9. The highest BCUT2D eigenvalue weighted by molar-refractivity contribution is 5.92. The van der Waals surface area contributed by atoms with E-state index < -0.39 is 0 Å². The maximum Gasteiger partial charge on any atom is 0.157 e. The number of carbonyl (C=O) groups excluding carboxylic acids is 1. The second-order valence-electron chi connectivity index (χ2n) is 6.67. The number of anilines is 1. The number of hydrogen-bond acceptors (Lipinski definition) is 2. The highest BCUT2D eigenvalue weighted by Gasteiger charge is 2.34. The molecule has 0 radical (unpaired) electrons. The Morgan fingerprint density at radius 3 is 2.68 bits per heavy atom. The van der Waals surface area contributed by atoms with Crippen LogP contribution in [0.4, 0.5) is 5.69 Å². The Hall–Kier alpha value is -1.57. The first-order chi connectivity index (χ1) is 8.96. The predicted molar refractivity (Wildman–Crippen MR) is 78.2 cm³/mol. The molecule has 0 N–H and O–H groups in total. The maximum atomic E-state index is 12.0. The topological polar surface area (TPSA) is 20.3 Å². The molecule has 1 atom stereocenters. The summed E-state index contributed by atoms with van der Waals surface area (Å²) in [6.45, 7) is 6.61. The van der Waals surface area contributed by atoms with Crippen LogP contribution in [0.15, 0.2) is 36.0 Å². The second kappa shape index (κ2) is 4.22. The van der Waals surface area contributed by atoms with Gasteiger partial charge in [-0.2, -0.15) is 0 Å². The average molecular weight is 255 g/mol. The fraction of sp³-hybridized carbons (Fsp3) is 0.471. The molecule has 1 aliphatic heterocycles. The van der Waals surface area contributed by atoms with E-state index in [4.69, 9.17) is 0 Å². The number of allylic oxidation sites excluding steroid dienone is 2. The quantitative estimate of drug-likeness (QED) is 0.762. The molecule has 0 spiro atoms. The van der Waals surface area contributed by atoms with Crippen LogP contribution in [0, 0.1) is 5.41 Å². The second-order valence-corrected chi connectivity index (χ2v) is 6.67. The number of nitrogens with zero attached hydrogens (tertiary/aromatic N) is 1. The van der Waals surface area contributed by atoms with Crippen molar-refractivity contribution in [2.75, 3.05) is 4.90 Å². The van der Waals surface area contributed by atoms with Crippen molar-refractivity contribution in [2.24, 2.45) is 5.41 Å². The van der Waals surface area contributed by atoms with Gasteiger partial charge in [0.25, 0.3) is 0 Å². The molecule has 1 aliphatic carbocycles. The van der Waals surface area contributed by atoms with Crippen molar-refractivity contribution in [2.45, 2.75) is 46.1 Å². The SMILES string of the molecule is CC1Cc2ccccc2N1C1=CC(=O)CC(C)(C)C1. The van der Waals surface area contributed by atoms with Gasteiger partial charge in [0.15, 0.2) is 5.78 Å². The number of para-hydroxylation sites is 1. The minimum atomic E-state index is 0.0818. The van der Waals surface area contributed by atoms with Gasteiger partial charge in [0.05, 0.1) is 0 Å². The summed E-state index contributed by atoms with van der Waals surface area (Å²) in [5.74, 6) is 0.267. The van der Waals surface area contributed by atoms with E-state index in [1.807, 2.05) is 6.08 Å². The normalized spacial score (nSPS) is 25.2. The lowest BCUT2D eigenvalue weighted by Gasteiger charge is -2.36. The molecule has 2 heteroatoms. The van der Waals surface area contributed by atoms with Crippen molar-refractivity contribution in [3.05, 3.63) is 41.6 Å². The Balaban J connectivity index is 2.01. The molecule has 0 aromatic heterocycles. The van der Waals surface area contributed by atoms with E-state index in [9.17, 15) is 4.79 Å². The summed E-state index contributed by atoms with van der Waals surface area (Å²) in [5, 5.41) is 0. The van der Waals surface area contributed by atoms with Crippen LogP contribution >= 0.6 is 0 Å². The van der Waals surface area contributed by atoms with Crippen LogP contribution in [0.5, 0.6) is 0 Å². The van der Waals surface area contributed by atoms with Crippen LogP contribution in [0.3, 0.4) is 0 Å². The lowest BCUT2D eigenvalue weighted by molar-refractivity contribution is -0.117. The first kappa shape index (κ1) is 12.5. The maximum absolute atomic E-state index is 12.0. The molecule has 100 valence electrons. The molecular weight excluding hydrogens is 234 g/mol. The van der Waals surface area contributed by atoms with E-state index in [0.29, 0.717) is 12.5 Å². The molecule has 0 bridgehead atoms. The van der Waals surface area contributed by atoms with E-state index in [2.05, 4.69) is 49.9 Å². The molecule has 0 saturated heterocycles. The van der Waals surface area contributed by atoms with Crippen LogP contribution in [0.1, 0.15) is 39.2 Å². The molecule has 0 amide bonds. The van der Waals surface area contributed by atoms with Gasteiger partial charge in [0.1, 0.15) is 0 Å². The van der Waals surface area contributed by atoms with Crippen LogP contribution in [0.25, 0.3) is 0 Å². The van der Waals surface area contributed by atoms with Gasteiger partial charge in [-0.25, -0.2) is 0 Å². The van der Waals surface area contributed by atoms with Gasteiger partial charge >= 0.3 is 0 Å². The molecule has 3 rings (SSSR count). The molecule has 1 unspecified atom stereocenters. The molecule has 0 fully saturated rings. The predicted octanol–water partition coefficient (Wildman–Crippen LogP) is 3.71. The molecule has 2 aliphatic rings. The highest BCUT2D eigenvalue weighted by atomic mass is 16.1. The number of rotatable bonds is 1. The fourth-order valence-corrected chi connectivity index (χ4v) is 3.47. The molecule has 0 saturated carbocycles. The van der Waals surface area contributed by atoms with E-state index in [1.54, 1.807) is 0 Å². The van der Waals surface area contributed by atoms with Crippen LogP contribution in [0.2, 0.25) is 0 Å². The van der Waals surface area contributed by atoms with Gasteiger partial charge in [-0.05, 0) is 36.8 Å². The number of fused-ring (bicyclic) bond motifs is 1. The van der Waals surface area contributed by atoms with Crippen molar-refractivity contribution in [3.63, 3.8) is 0 Å². The minimum Gasteiger partial charge on any atom is -0.342 e. The molecule has 1 aromatic rings. The van der Waals surface area contributed by atoms with Crippen molar-refractivity contribution < 1.29 is 4.79 Å². The zero-order valence-corrected chi connectivity index (χ0v) is 11.9. The smallest absolute Gasteiger partial charge is 0.157 e. The number of ketones is 1. The molecular formula is C17H21NO. The summed E-state index contributed by atoms with van der Waals surface area (Å²) in [7, 11) is 0. The Morgan fingerprint density at radius 1 is 1.21 bits per heavy atom. The van der Waals surface area contributed by atoms with Crippen molar-refractivity contribution in [1.82, 2.24) is 0 Å². The van der Waals surface area contributed by atoms with E-state index in [-0.39, 0.29) is 11.2 Å². The third-order valence-corrected chi connectivity index (χ3v) is 4.16. The summed E-state index contributed by atoms with van der Waals surface area (Å²) in [6.07, 6.45) is 4.59. The Bertz CT molecular complexity index is 556. The Labute approximate surface area is 115 Å². The number of carbonyl (C=O) groups is 1. The Kier molecular flexibility index (Phi) is 2.77. The van der Waals surface area contributed by atoms with E-state index in [1.165, 1.54) is 16.9 Å². The van der Waals surface area contributed by atoms with Crippen molar-refractivity contribution in [3.8, 4) is 0 Å².